The smallest absolute Gasteiger partial charge is 0.187 e. The van der Waals surface area contributed by atoms with Gasteiger partial charge >= 0.3 is 0 Å². The molecule has 0 aliphatic carbocycles. The molecule has 144 heavy (non-hydrogen) atoms. The molecule has 65 atom stereocenters. The van der Waals surface area contributed by atoms with Crippen molar-refractivity contribution in [3.8, 4) is 0 Å². The maximum atomic E-state index is 11.6. The first kappa shape index (κ1) is 118. The van der Waals surface area contributed by atoms with Gasteiger partial charge in [0.1, 0.15) is 317 Å². The van der Waals surface area contributed by atoms with Crippen LogP contribution in [-0.4, -0.2) is 694 Å². The summed E-state index contributed by atoms with van der Waals surface area (Å²) in [6.07, 6.45) is -135. The normalized spacial score (nSPS) is 53.9. The molecule has 0 bridgehead atoms. The van der Waals surface area contributed by atoms with E-state index < -0.39 is 485 Å². The highest BCUT2D eigenvalue weighted by atomic mass is 16.8. The zero-order chi connectivity index (χ0) is 105. The maximum Gasteiger partial charge on any atom is 0.187 e. The van der Waals surface area contributed by atoms with Crippen LogP contribution in [0.15, 0.2) is 0 Å². The zero-order valence-corrected chi connectivity index (χ0v) is 75.3. The molecule has 41 N–H and O–H groups in total. The second kappa shape index (κ2) is 51.4. The van der Waals surface area contributed by atoms with Crippen molar-refractivity contribution in [1.82, 2.24) is 0 Å². The number of hydrogen-bond donors (Lipinski definition) is 41. The SMILES string of the molecule is OC[C@H]1O[C@H](O[C@H]2[C@H](O)[C@@H](O)[C@@H](O[C@H]3[C@H](O)[C@@H](O)[C@@H](O[C@H]4[C@H](O)[C@@H](O)[C@@H](O[C@H]5[C@H](O)[C@@H](O)[C@@H](O[C@H]6[C@H](O)[C@@H](O)[C@@H](O[C@H]7[C@H](O)[C@@H](O)[C@@H](O[C@H]8[C@H](O)[C@@H](O)[C@@H](O[C@H]9[C@H](O)[C@@H](O)[C@@H](O[C@H]%10[C@H](O)[C@@H](O)[C@@H](O[C@H]%11[C@H](O)[C@@H](O)[C@@H](O[C@H]%12[C@H](O)[C@@H](O)[C@@H](O[C@H]%13[C@H](O)[C@@H](O)C(O)O[C@@H]%13CO)O[C@@H]%12CO)O[C@@H]%11CO)O[C@@H]%10CO)O[C@@H]9CO)O[C@@H]8CO)O[C@@H]7CO)O[C@@H]6CO)O[C@@H]5CO)O[C@@H]4CO)O[C@@H]3CO)O[C@@H]2CO)[C@H](O)[C@@H](O)[C@@H]1O. The van der Waals surface area contributed by atoms with Crippen molar-refractivity contribution in [2.24, 2.45) is 0 Å². The molecule has 0 aromatic rings. The molecule has 0 aromatic carbocycles. The Hall–Kier alpha value is -2.64. The van der Waals surface area contributed by atoms with Crippen LogP contribution in [0.1, 0.15) is 0 Å². The van der Waals surface area contributed by atoms with Crippen LogP contribution in [0.3, 0.4) is 0 Å². The van der Waals surface area contributed by atoms with E-state index in [-0.39, 0.29) is 0 Å². The minimum atomic E-state index is -2.38. The molecule has 0 aromatic heterocycles. The molecule has 13 aliphatic heterocycles. The number of ether oxygens (including phenoxy) is 25. The summed E-state index contributed by atoms with van der Waals surface area (Å²) in [5.41, 5.74) is 0. The summed E-state index contributed by atoms with van der Waals surface area (Å²) < 4.78 is 141. The van der Waals surface area contributed by atoms with Gasteiger partial charge in [-0.25, -0.2) is 0 Å². The molecule has 66 nitrogen and oxygen atoms in total. The van der Waals surface area contributed by atoms with Crippen LogP contribution in [-0.2, 0) is 118 Å². The summed E-state index contributed by atoms with van der Waals surface area (Å²) in [6.45, 7) is -14.3. The first-order chi connectivity index (χ1) is 68.4. The van der Waals surface area contributed by atoms with E-state index in [1.807, 2.05) is 0 Å². The monoisotopic (exact) mass is 2120 g/mol. The van der Waals surface area contributed by atoms with Crippen LogP contribution in [0, 0.1) is 0 Å². The largest absolute Gasteiger partial charge is 0.394 e. The first-order valence-corrected chi connectivity index (χ1v) is 45.8. The molecule has 1 unspecified atom stereocenters. The predicted octanol–water partition coefficient (Wildman–Crippen LogP) is -29.3. The van der Waals surface area contributed by atoms with Gasteiger partial charge in [-0.1, -0.05) is 0 Å². The molecule has 0 radical (unpaired) electrons. The van der Waals surface area contributed by atoms with Gasteiger partial charge in [-0.15, -0.1) is 0 Å². The van der Waals surface area contributed by atoms with Crippen molar-refractivity contribution in [3.63, 3.8) is 0 Å². The lowest BCUT2D eigenvalue weighted by atomic mass is 9.95. The average Bonchev–Trinajstić information content (AvgIpc) is 0.751. The Morgan fingerprint density at radius 1 is 0.104 bits per heavy atom. The lowest BCUT2D eigenvalue weighted by Gasteiger charge is -2.50. The molecular formula is C78H132O66. The van der Waals surface area contributed by atoms with E-state index >= 15 is 0 Å². The van der Waals surface area contributed by atoms with Crippen molar-refractivity contribution in [1.29, 1.82) is 0 Å². The molecule has 840 valence electrons. The summed E-state index contributed by atoms with van der Waals surface area (Å²) in [4.78, 5) is 0. The fourth-order valence-corrected chi connectivity index (χ4v) is 18.9. The first-order valence-electron chi connectivity index (χ1n) is 45.8. The Morgan fingerprint density at radius 3 is 0.319 bits per heavy atom. The van der Waals surface area contributed by atoms with Crippen molar-refractivity contribution in [3.05, 3.63) is 0 Å². The number of hydrogen-bond acceptors (Lipinski definition) is 66. The van der Waals surface area contributed by atoms with Gasteiger partial charge in [0.15, 0.2) is 81.8 Å². The average molecular weight is 2130 g/mol. The van der Waals surface area contributed by atoms with Crippen LogP contribution < -0.4 is 0 Å². The summed E-state index contributed by atoms with van der Waals surface area (Å²) >= 11 is 0. The third-order valence-corrected chi connectivity index (χ3v) is 27.2. The highest BCUT2D eigenvalue weighted by Gasteiger charge is 2.64. The number of aliphatic hydroxyl groups is 41. The van der Waals surface area contributed by atoms with Gasteiger partial charge in [-0.2, -0.15) is 0 Å². The Kier molecular flexibility index (Phi) is 42.2. The van der Waals surface area contributed by atoms with E-state index in [1.54, 1.807) is 0 Å². The molecule has 13 saturated heterocycles. The molecule has 0 saturated carbocycles. The fraction of sp³-hybridized carbons (Fsp3) is 1.00. The van der Waals surface area contributed by atoms with Crippen molar-refractivity contribution in [2.45, 2.75) is 399 Å². The van der Waals surface area contributed by atoms with Gasteiger partial charge in [0.2, 0.25) is 0 Å². The zero-order valence-electron chi connectivity index (χ0n) is 75.3. The third-order valence-electron chi connectivity index (χ3n) is 27.2. The maximum absolute atomic E-state index is 11.6. The van der Waals surface area contributed by atoms with Gasteiger partial charge in [-0.3, -0.25) is 0 Å². The van der Waals surface area contributed by atoms with Crippen LogP contribution >= 0.6 is 0 Å². The quantitative estimate of drug-likeness (QED) is 0.0275. The Balaban J connectivity index is 0.561. The highest BCUT2D eigenvalue weighted by molar-refractivity contribution is 5.06. The summed E-state index contributed by atoms with van der Waals surface area (Å²) in [7, 11) is 0. The molecule has 13 aliphatic rings. The summed E-state index contributed by atoms with van der Waals surface area (Å²) in [5.74, 6) is 0. The standard InChI is InChI=1S/C78H132O66/c79-1-14-27(92)28(93)42(107)67(121-14)134-55-16(3-81)123-69(44(109)30(55)95)136-57-18(5-83)125-71(46(111)32(57)97)138-59-20(7-85)127-73(48(113)34(59)99)140-61-22(9-87)129-75(50(115)36(61)101)142-63-24(11-89)131-77(52(117)38(63)103)144-65-26(13-91)132-78(53(118)40(65)105)143-64-25(12-90)130-76(51(116)39(64)104)141-62-23(10-88)128-74(49(114)37(62)102)139-60-21(8-86)126-72(47(112)35(60)100)137-58-19(6-84)124-70(45(110)33(58)98)135-56-17(4-82)122-68(43(108)31(56)96)133-54-15(2-80)120-66(119)41(106)29(54)94/h14-119H,1-13H2/t14-,15-,16-,17-,18-,19-,20-,21-,22-,23-,24-,25-,26-,27-,28+,29-,30-,31-,32-,33-,34-,35-,36-,37-,38-,39-,40-,41-,42-,43-,44-,45-,46-,47-,48-,49-,50-,51-,52-,53-,54-,55-,56-,57-,58-,59-,60-,61-,62-,63-,64-,65-,66?,67-,68-,69-,70-,71-,72-,73-,74-,75-,76-,77-,78-/m1/s1. The third kappa shape index (κ3) is 24.3. The Morgan fingerprint density at radius 2 is 0.201 bits per heavy atom. The molecule has 13 heterocycles. The van der Waals surface area contributed by atoms with Crippen molar-refractivity contribution >= 4 is 0 Å². The second-order valence-electron chi connectivity index (χ2n) is 36.4. The van der Waals surface area contributed by atoms with Gasteiger partial charge in [0.25, 0.3) is 0 Å². The number of aliphatic hydroxyl groups excluding tert-OH is 41. The Bertz CT molecular complexity index is 3620. The van der Waals surface area contributed by atoms with Crippen LogP contribution in [0.5, 0.6) is 0 Å². The fourth-order valence-electron chi connectivity index (χ4n) is 18.9. The number of rotatable bonds is 37. The van der Waals surface area contributed by atoms with Crippen molar-refractivity contribution in [2.75, 3.05) is 85.9 Å². The molecule has 0 amide bonds. The van der Waals surface area contributed by atoms with E-state index in [4.69, 9.17) is 118 Å². The molecule has 0 spiro atoms. The second-order valence-corrected chi connectivity index (χ2v) is 36.4. The highest BCUT2D eigenvalue weighted by Crippen LogP contribution is 2.44. The van der Waals surface area contributed by atoms with Crippen molar-refractivity contribution < 1.29 is 328 Å². The lowest BCUT2D eigenvalue weighted by molar-refractivity contribution is -0.402. The predicted molar refractivity (Wildman–Crippen MR) is 428 cm³/mol. The Labute approximate surface area is 810 Å². The minimum absolute atomic E-state index is 0.883. The molecule has 66 heteroatoms. The van der Waals surface area contributed by atoms with Crippen LogP contribution in [0.25, 0.3) is 0 Å². The van der Waals surface area contributed by atoms with Crippen LogP contribution in [0.4, 0.5) is 0 Å². The summed E-state index contributed by atoms with van der Waals surface area (Å²) in [5, 5.41) is 448. The molecule has 13 rings (SSSR count). The summed E-state index contributed by atoms with van der Waals surface area (Å²) in [6, 6.07) is 0. The van der Waals surface area contributed by atoms with E-state index in [1.165, 1.54) is 0 Å². The van der Waals surface area contributed by atoms with Gasteiger partial charge < -0.3 is 328 Å². The van der Waals surface area contributed by atoms with E-state index in [2.05, 4.69) is 0 Å². The van der Waals surface area contributed by atoms with E-state index in [9.17, 15) is 209 Å². The van der Waals surface area contributed by atoms with Crippen LogP contribution in [0.2, 0.25) is 0 Å². The molecular weight excluding hydrogens is 1990 g/mol. The van der Waals surface area contributed by atoms with Gasteiger partial charge in [-0.05, 0) is 0 Å². The minimum Gasteiger partial charge on any atom is -0.394 e. The topological polar surface area (TPSA) is 1060 Å². The van der Waals surface area contributed by atoms with E-state index in [0.29, 0.717) is 0 Å². The van der Waals surface area contributed by atoms with E-state index in [0.717, 1.165) is 0 Å². The van der Waals surface area contributed by atoms with Gasteiger partial charge in [0.05, 0.1) is 85.9 Å². The molecule has 13 fully saturated rings. The lowest BCUT2D eigenvalue weighted by Crippen LogP contribution is -2.69. The van der Waals surface area contributed by atoms with Gasteiger partial charge in [0, 0.05) is 0 Å².